The van der Waals surface area contributed by atoms with Gasteiger partial charge in [0, 0.05) is 27.1 Å². The van der Waals surface area contributed by atoms with Crippen LogP contribution in [0.1, 0.15) is 23.1 Å². The molecule has 0 aliphatic carbocycles. The lowest BCUT2D eigenvalue weighted by Crippen LogP contribution is -2.79. The van der Waals surface area contributed by atoms with Gasteiger partial charge in [-0.2, -0.15) is 0 Å². The third kappa shape index (κ3) is 3.84. The second-order valence-electron chi connectivity index (χ2n) is 11.2. The van der Waals surface area contributed by atoms with Crippen LogP contribution in [0.15, 0.2) is 127 Å². The molecule has 0 amide bonds. The van der Waals surface area contributed by atoms with E-state index >= 15 is 0 Å². The molecule has 182 valence electrons. The molecule has 0 saturated carbocycles. The van der Waals surface area contributed by atoms with Gasteiger partial charge in [0.15, 0.2) is 0 Å². The van der Waals surface area contributed by atoms with Gasteiger partial charge < -0.3 is 4.39 Å². The monoisotopic (exact) mass is 479 g/mol. The average Bonchev–Trinajstić information content (AvgIpc) is 2.94. The van der Waals surface area contributed by atoms with E-state index in [1.54, 1.807) is 0 Å². The molecular formula is C35H34BN. The van der Waals surface area contributed by atoms with E-state index in [2.05, 4.69) is 148 Å². The first-order valence-corrected chi connectivity index (χ1v) is 13.4. The summed E-state index contributed by atoms with van der Waals surface area (Å²) < 4.78 is 0.908. The van der Waals surface area contributed by atoms with Gasteiger partial charge in [-0.3, -0.25) is 0 Å². The summed E-state index contributed by atoms with van der Waals surface area (Å²) in [4.78, 5) is 0. The van der Waals surface area contributed by atoms with Crippen LogP contribution in [-0.2, 0) is 0 Å². The first kappa shape index (κ1) is 23.5. The topological polar surface area (TPSA) is 0 Å². The highest BCUT2D eigenvalue weighted by Gasteiger charge is 2.51. The Hall–Kier alpha value is -3.88. The lowest BCUT2D eigenvalue weighted by Gasteiger charge is -2.61. The van der Waals surface area contributed by atoms with Crippen LogP contribution < -0.4 is 10.9 Å². The zero-order valence-electron chi connectivity index (χ0n) is 22.1. The van der Waals surface area contributed by atoms with Gasteiger partial charge in [0.05, 0.1) is 0 Å². The molecule has 1 heterocycles. The second kappa shape index (κ2) is 9.21. The molecule has 0 radical (unpaired) electrons. The molecule has 0 spiro atoms. The molecule has 1 aliphatic rings. The smallest absolute Gasteiger partial charge is 0.291 e. The van der Waals surface area contributed by atoms with E-state index in [1.807, 2.05) is 0 Å². The molecule has 1 nitrogen and oxygen atoms in total. The van der Waals surface area contributed by atoms with E-state index in [-0.39, 0.29) is 0 Å². The molecule has 1 atom stereocenters. The minimum Gasteiger partial charge on any atom is -0.508 e. The molecule has 0 bridgehead atoms. The number of quaternary nitrogens is 1. The van der Waals surface area contributed by atoms with Crippen LogP contribution in [0.25, 0.3) is 21.8 Å². The van der Waals surface area contributed by atoms with Crippen LogP contribution in [0.2, 0.25) is 0 Å². The van der Waals surface area contributed by atoms with Crippen molar-refractivity contribution in [2.24, 2.45) is 0 Å². The molecule has 1 unspecified atom stereocenters. The molecule has 0 saturated heterocycles. The van der Waals surface area contributed by atoms with Gasteiger partial charge in [0.25, 0.3) is 6.28 Å². The Morgan fingerprint density at radius 1 is 0.568 bits per heavy atom. The second-order valence-corrected chi connectivity index (χ2v) is 11.2. The quantitative estimate of drug-likeness (QED) is 0.248. The van der Waals surface area contributed by atoms with Crippen molar-refractivity contribution >= 4 is 39.0 Å². The van der Waals surface area contributed by atoms with E-state index in [0.717, 1.165) is 17.4 Å². The van der Waals surface area contributed by atoms with Gasteiger partial charge >= 0.3 is 0 Å². The number of hydrogen-bond donors (Lipinski definition) is 0. The maximum absolute atomic E-state index is 2.44. The van der Waals surface area contributed by atoms with Gasteiger partial charge in [-0.25, -0.2) is 0 Å². The van der Waals surface area contributed by atoms with Crippen molar-refractivity contribution in [1.82, 2.24) is 0 Å². The standard InChI is InChI=1S/C35H34BN/c1-27-18-22-33(23-19-27)36(32-16-8-5-9-17-32)35(31-21-20-28-12-10-11-15-30(28)26-31)34(24-25-37(36,2)3)29-13-6-4-7-14-29/h4-23,26H,24-25H2,1-3H3. The molecule has 0 aromatic heterocycles. The molecule has 0 N–H and O–H groups in total. The van der Waals surface area contributed by atoms with Gasteiger partial charge in [-0.15, -0.1) is 16.4 Å². The van der Waals surface area contributed by atoms with E-state index in [9.17, 15) is 0 Å². The lowest BCUT2D eigenvalue weighted by molar-refractivity contribution is -0.786. The molecule has 6 rings (SSSR count). The van der Waals surface area contributed by atoms with Gasteiger partial charge in [0.1, 0.15) is 0 Å². The van der Waals surface area contributed by atoms with E-state index in [4.69, 9.17) is 0 Å². The fourth-order valence-corrected chi connectivity index (χ4v) is 6.95. The highest BCUT2D eigenvalue weighted by atomic mass is 15.3. The highest BCUT2D eigenvalue weighted by molar-refractivity contribution is 7.11. The fraction of sp³-hybridized carbons (Fsp3) is 0.143. The lowest BCUT2D eigenvalue weighted by atomic mass is 9.19. The van der Waals surface area contributed by atoms with E-state index < -0.39 is 6.28 Å². The van der Waals surface area contributed by atoms with Gasteiger partial charge in [-0.05, 0) is 29.3 Å². The zero-order chi connectivity index (χ0) is 25.5. The number of rotatable bonds is 4. The van der Waals surface area contributed by atoms with Crippen LogP contribution in [0.3, 0.4) is 0 Å². The van der Waals surface area contributed by atoms with Crippen molar-refractivity contribution in [2.75, 3.05) is 20.6 Å². The normalized spacial score (nSPS) is 19.2. The number of aryl methyl sites for hydroxylation is 1. The van der Waals surface area contributed by atoms with Crippen molar-refractivity contribution in [3.8, 4) is 0 Å². The Kier molecular flexibility index (Phi) is 5.86. The summed E-state index contributed by atoms with van der Waals surface area (Å²) in [6.07, 6.45) is -0.320. The Labute approximate surface area is 221 Å². The first-order chi connectivity index (χ1) is 18.0. The molecule has 1 aliphatic heterocycles. The number of hydrogen-bond acceptors (Lipinski definition) is 0. The van der Waals surface area contributed by atoms with Crippen molar-refractivity contribution in [1.29, 1.82) is 0 Å². The van der Waals surface area contributed by atoms with Crippen LogP contribution in [0, 0.1) is 6.92 Å². The summed E-state index contributed by atoms with van der Waals surface area (Å²) in [7, 11) is 4.88. The number of nitrogens with zero attached hydrogens (tertiary/aromatic N) is 1. The van der Waals surface area contributed by atoms with E-state index in [0.29, 0.717) is 0 Å². The summed E-state index contributed by atoms with van der Waals surface area (Å²) in [6, 6.07) is 47.5. The SMILES string of the molecule is Cc1ccc([B-]2(c3ccccc3)C(c3ccc4ccccc4c3)=C(c3ccccc3)CC[N+]2(C)C)cc1. The third-order valence-corrected chi connectivity index (χ3v) is 8.75. The molecule has 2 heteroatoms. The fourth-order valence-electron chi connectivity index (χ4n) is 6.95. The predicted molar refractivity (Wildman–Crippen MR) is 161 cm³/mol. The van der Waals surface area contributed by atoms with Crippen molar-refractivity contribution in [2.45, 2.75) is 13.3 Å². The molecule has 0 fully saturated rings. The Morgan fingerprint density at radius 2 is 1.16 bits per heavy atom. The molecular weight excluding hydrogens is 445 g/mol. The zero-order valence-corrected chi connectivity index (χ0v) is 22.1. The van der Waals surface area contributed by atoms with Gasteiger partial charge in [-0.1, -0.05) is 138 Å². The first-order valence-electron chi connectivity index (χ1n) is 13.4. The minimum atomic E-state index is -1.36. The van der Waals surface area contributed by atoms with Crippen molar-refractivity contribution < 1.29 is 4.39 Å². The Bertz CT molecular complexity index is 1580. The largest absolute Gasteiger partial charge is 0.508 e. The molecule has 37 heavy (non-hydrogen) atoms. The van der Waals surface area contributed by atoms with Crippen molar-refractivity contribution in [3.05, 3.63) is 144 Å². The maximum atomic E-state index is 2.44. The van der Waals surface area contributed by atoms with E-state index in [1.165, 1.54) is 49.4 Å². The van der Waals surface area contributed by atoms with Crippen LogP contribution in [-0.4, -0.2) is 31.3 Å². The summed E-state index contributed by atoms with van der Waals surface area (Å²) in [5.74, 6) is 0. The minimum absolute atomic E-state index is 0.908. The van der Waals surface area contributed by atoms with Crippen LogP contribution >= 0.6 is 0 Å². The Morgan fingerprint density at radius 3 is 1.86 bits per heavy atom. The summed E-state index contributed by atoms with van der Waals surface area (Å²) in [5.41, 5.74) is 9.70. The third-order valence-electron chi connectivity index (χ3n) is 8.75. The molecule has 5 aromatic carbocycles. The van der Waals surface area contributed by atoms with Crippen LogP contribution in [0.5, 0.6) is 0 Å². The maximum Gasteiger partial charge on any atom is 0.291 e. The Balaban J connectivity index is 1.79. The summed E-state index contributed by atoms with van der Waals surface area (Å²) in [6.45, 7) is 3.26. The number of benzene rings is 5. The average molecular weight is 479 g/mol. The molecule has 5 aromatic rings. The summed E-state index contributed by atoms with van der Waals surface area (Å²) in [5, 5.41) is 2.57. The summed E-state index contributed by atoms with van der Waals surface area (Å²) >= 11 is 0. The number of fused-ring (bicyclic) bond motifs is 1. The predicted octanol–water partition coefficient (Wildman–Crippen LogP) is 6.84. The van der Waals surface area contributed by atoms with Crippen LogP contribution in [0.4, 0.5) is 0 Å². The highest BCUT2D eigenvalue weighted by Crippen LogP contribution is 2.44. The van der Waals surface area contributed by atoms with Gasteiger partial charge in [0.2, 0.25) is 0 Å². The van der Waals surface area contributed by atoms with Crippen molar-refractivity contribution in [3.63, 3.8) is 0 Å².